The van der Waals surface area contributed by atoms with Crippen LogP contribution in [0.5, 0.6) is 11.6 Å². The van der Waals surface area contributed by atoms with Gasteiger partial charge in [-0.3, -0.25) is 4.79 Å². The van der Waals surface area contributed by atoms with E-state index in [-0.39, 0.29) is 31.1 Å². The number of ether oxygens (including phenoxy) is 1. The van der Waals surface area contributed by atoms with E-state index in [1.54, 1.807) is 24.3 Å². The number of amides is 1. The average Bonchev–Trinajstić information content (AvgIpc) is 2.72. The molecule has 4 rings (SSSR count). The van der Waals surface area contributed by atoms with Crippen molar-refractivity contribution in [2.75, 3.05) is 13.1 Å². The number of β-amino-alcohol motifs (C(OH)–C–C–N with tert-alkyl or cyclic N) is 2. The number of rotatable bonds is 3. The fourth-order valence-corrected chi connectivity index (χ4v) is 3.39. The largest absolute Gasteiger partial charge is 0.439 e. The van der Waals surface area contributed by atoms with E-state index in [2.05, 4.69) is 9.97 Å². The Kier molecular flexibility index (Phi) is 5.50. The Morgan fingerprint density at radius 2 is 1.81 bits per heavy atom. The van der Waals surface area contributed by atoms with Gasteiger partial charge in [0.1, 0.15) is 11.4 Å². The highest BCUT2D eigenvalue weighted by Crippen LogP contribution is 2.30. The number of hydrogen-bond acceptors (Lipinski definition) is 6. The third kappa shape index (κ3) is 4.75. The van der Waals surface area contributed by atoms with Crippen LogP contribution in [-0.4, -0.2) is 56.3 Å². The molecule has 7 nitrogen and oxygen atoms in total. The average molecular weight is 433 g/mol. The fraction of sp³-hybridized carbons (Fsp3) is 0.286. The van der Waals surface area contributed by atoms with Crippen molar-refractivity contribution in [2.24, 2.45) is 0 Å². The summed E-state index contributed by atoms with van der Waals surface area (Å²) in [4.78, 5) is 22.0. The maximum absolute atomic E-state index is 12.7. The Bertz CT molecular complexity index is 1100. The number of piperidine rings is 1. The summed E-state index contributed by atoms with van der Waals surface area (Å²) in [6.45, 7) is 0.255. The molecule has 1 fully saturated rings. The molecule has 0 saturated carbocycles. The molecule has 0 aliphatic carbocycles. The smallest absolute Gasteiger partial charge is 0.417 e. The summed E-state index contributed by atoms with van der Waals surface area (Å²) >= 11 is 0. The summed E-state index contributed by atoms with van der Waals surface area (Å²) in [6.07, 6.45) is -5.12. The zero-order valence-electron chi connectivity index (χ0n) is 16.1. The van der Waals surface area contributed by atoms with Crippen molar-refractivity contribution in [1.29, 1.82) is 0 Å². The highest BCUT2D eigenvalue weighted by atomic mass is 19.4. The second-order valence-electron chi connectivity index (χ2n) is 7.29. The van der Waals surface area contributed by atoms with Gasteiger partial charge in [0, 0.05) is 37.2 Å². The zero-order chi connectivity index (χ0) is 22.2. The third-order valence-electron chi connectivity index (χ3n) is 4.86. The topological polar surface area (TPSA) is 95.8 Å². The molecule has 31 heavy (non-hydrogen) atoms. The number of carbonyl (C=O) groups is 1. The van der Waals surface area contributed by atoms with Crippen LogP contribution in [-0.2, 0) is 6.18 Å². The minimum absolute atomic E-state index is 0.00863. The molecule has 3 aromatic rings. The molecule has 2 atom stereocenters. The lowest BCUT2D eigenvalue weighted by Gasteiger charge is -2.33. The Balaban J connectivity index is 1.51. The number of benzene rings is 1. The van der Waals surface area contributed by atoms with Crippen LogP contribution in [0, 0.1) is 0 Å². The summed E-state index contributed by atoms with van der Waals surface area (Å²) in [6, 6.07) is 10.0. The molecule has 0 radical (unpaired) electrons. The van der Waals surface area contributed by atoms with E-state index in [1.807, 2.05) is 0 Å². The first-order chi connectivity index (χ1) is 14.7. The molecule has 2 N–H and O–H groups in total. The second kappa shape index (κ2) is 8.12. The van der Waals surface area contributed by atoms with Crippen LogP contribution < -0.4 is 4.74 Å². The van der Waals surface area contributed by atoms with Gasteiger partial charge in [-0.1, -0.05) is 6.07 Å². The minimum atomic E-state index is -4.47. The summed E-state index contributed by atoms with van der Waals surface area (Å²) in [5.74, 6) is -0.0359. The zero-order valence-corrected chi connectivity index (χ0v) is 16.1. The molecule has 1 unspecified atom stereocenters. The molecule has 1 aromatic carbocycles. The highest BCUT2D eigenvalue weighted by molar-refractivity contribution is 5.95. The van der Waals surface area contributed by atoms with Gasteiger partial charge in [0.2, 0.25) is 5.88 Å². The predicted molar refractivity (Wildman–Crippen MR) is 104 cm³/mol. The van der Waals surface area contributed by atoms with Crippen LogP contribution in [0.1, 0.15) is 22.5 Å². The maximum Gasteiger partial charge on any atom is 0.417 e. The number of aliphatic hydroxyl groups is 2. The highest BCUT2D eigenvalue weighted by Gasteiger charge is 2.31. The molecule has 0 bridgehead atoms. The van der Waals surface area contributed by atoms with Crippen molar-refractivity contribution >= 4 is 16.8 Å². The van der Waals surface area contributed by atoms with Crippen molar-refractivity contribution in [3.8, 4) is 11.6 Å². The van der Waals surface area contributed by atoms with Gasteiger partial charge in [-0.25, -0.2) is 9.97 Å². The van der Waals surface area contributed by atoms with Gasteiger partial charge in [0.05, 0.1) is 23.3 Å². The Hall–Kier alpha value is -3.24. The predicted octanol–water partition coefficient (Wildman–Crippen LogP) is 3.01. The Labute approximate surface area is 174 Å². The number of likely N-dealkylation sites (tertiary alicyclic amines) is 1. The number of aliphatic hydroxyl groups excluding tert-OH is 2. The van der Waals surface area contributed by atoms with E-state index in [0.717, 1.165) is 12.1 Å². The molecule has 162 valence electrons. The van der Waals surface area contributed by atoms with Crippen LogP contribution in [0.2, 0.25) is 0 Å². The van der Waals surface area contributed by atoms with Crippen LogP contribution in [0.25, 0.3) is 10.9 Å². The molecule has 10 heteroatoms. The summed E-state index contributed by atoms with van der Waals surface area (Å²) in [5, 5.41) is 20.2. The molecule has 2 aromatic heterocycles. The first kappa shape index (κ1) is 21.0. The van der Waals surface area contributed by atoms with E-state index in [1.165, 1.54) is 11.0 Å². The fourth-order valence-electron chi connectivity index (χ4n) is 3.39. The van der Waals surface area contributed by atoms with E-state index in [9.17, 15) is 28.2 Å². The standard InChI is InChI=1S/C21H18F3N3O4/c22-21(23,24)13-2-6-19(25-9-13)31-16-3-5-17-12(7-16)1-4-18(26-17)20(30)27-10-14(28)8-15(29)11-27/h1-7,9,14-15,28-29H,8,10-11H2/t14-,15?/m1/s1. The number of hydrogen-bond donors (Lipinski definition) is 2. The molecule has 1 aliphatic heterocycles. The van der Waals surface area contributed by atoms with Crippen LogP contribution >= 0.6 is 0 Å². The van der Waals surface area contributed by atoms with Crippen molar-refractivity contribution in [3.05, 3.63) is 59.9 Å². The van der Waals surface area contributed by atoms with Gasteiger partial charge in [-0.2, -0.15) is 13.2 Å². The molecular formula is C21H18F3N3O4. The second-order valence-corrected chi connectivity index (χ2v) is 7.29. The van der Waals surface area contributed by atoms with Crippen LogP contribution in [0.15, 0.2) is 48.7 Å². The van der Waals surface area contributed by atoms with Crippen LogP contribution in [0.3, 0.4) is 0 Å². The SMILES string of the molecule is O=C(c1ccc2cc(Oc3ccc(C(F)(F)F)cn3)ccc2n1)N1CC(O)C[C@@H](O)C1. The number of alkyl halides is 3. The monoisotopic (exact) mass is 433 g/mol. The molecule has 1 aliphatic rings. The molecule has 1 amide bonds. The lowest BCUT2D eigenvalue weighted by molar-refractivity contribution is -0.137. The number of nitrogens with zero attached hydrogens (tertiary/aromatic N) is 3. The molecule has 3 heterocycles. The van der Waals surface area contributed by atoms with Crippen molar-refractivity contribution in [1.82, 2.24) is 14.9 Å². The van der Waals surface area contributed by atoms with Crippen LogP contribution in [0.4, 0.5) is 13.2 Å². The molecular weight excluding hydrogens is 415 g/mol. The van der Waals surface area contributed by atoms with Gasteiger partial charge >= 0.3 is 6.18 Å². The van der Waals surface area contributed by atoms with Gasteiger partial charge in [-0.05, 0) is 30.3 Å². The molecule has 0 spiro atoms. The quantitative estimate of drug-likeness (QED) is 0.659. The number of halogens is 3. The number of fused-ring (bicyclic) bond motifs is 1. The Morgan fingerprint density at radius 3 is 2.45 bits per heavy atom. The van der Waals surface area contributed by atoms with Crippen molar-refractivity contribution < 1.29 is 32.9 Å². The lowest BCUT2D eigenvalue weighted by atomic mass is 10.1. The van der Waals surface area contributed by atoms with Gasteiger partial charge in [0.15, 0.2) is 0 Å². The van der Waals surface area contributed by atoms with Gasteiger partial charge in [0.25, 0.3) is 5.91 Å². The number of carbonyl (C=O) groups excluding carboxylic acids is 1. The van der Waals surface area contributed by atoms with E-state index >= 15 is 0 Å². The first-order valence-corrected chi connectivity index (χ1v) is 9.46. The number of aromatic nitrogens is 2. The summed E-state index contributed by atoms with van der Waals surface area (Å²) < 4.78 is 43.4. The molecule has 1 saturated heterocycles. The van der Waals surface area contributed by atoms with E-state index in [4.69, 9.17) is 4.74 Å². The van der Waals surface area contributed by atoms with Gasteiger partial charge in [-0.15, -0.1) is 0 Å². The van der Waals surface area contributed by atoms with Gasteiger partial charge < -0.3 is 19.8 Å². The van der Waals surface area contributed by atoms with E-state index < -0.39 is 29.9 Å². The first-order valence-electron chi connectivity index (χ1n) is 9.46. The van der Waals surface area contributed by atoms with E-state index in [0.29, 0.717) is 22.8 Å². The normalized spacial score (nSPS) is 19.5. The maximum atomic E-state index is 12.7. The summed E-state index contributed by atoms with van der Waals surface area (Å²) in [7, 11) is 0. The number of pyridine rings is 2. The minimum Gasteiger partial charge on any atom is -0.439 e. The lowest BCUT2D eigenvalue weighted by Crippen LogP contribution is -2.48. The third-order valence-corrected chi connectivity index (χ3v) is 4.86. The van der Waals surface area contributed by atoms with Crippen molar-refractivity contribution in [3.63, 3.8) is 0 Å². The summed E-state index contributed by atoms with van der Waals surface area (Å²) in [5.41, 5.74) is -0.183. The van der Waals surface area contributed by atoms with Crippen molar-refractivity contribution in [2.45, 2.75) is 24.8 Å². The Morgan fingerprint density at radius 1 is 1.06 bits per heavy atom.